The summed E-state index contributed by atoms with van der Waals surface area (Å²) in [4.78, 5) is 16.8. The number of carbonyl (C=O) groups excluding carboxylic acids is 1. The molecule has 0 spiro atoms. The van der Waals surface area contributed by atoms with Crippen LogP contribution in [0.5, 0.6) is 0 Å². The molecular weight excluding hydrogens is 426 g/mol. The number of amides is 1. The van der Waals surface area contributed by atoms with E-state index in [0.29, 0.717) is 16.8 Å². The van der Waals surface area contributed by atoms with Gasteiger partial charge in [-0.25, -0.2) is 17.2 Å². The van der Waals surface area contributed by atoms with Gasteiger partial charge in [-0.2, -0.15) is 16.8 Å². The maximum atomic E-state index is 13.9. The molecule has 1 amide bonds. The summed E-state index contributed by atoms with van der Waals surface area (Å²) in [6, 6.07) is 7.82. The monoisotopic (exact) mass is 442 g/mol. The molecular formula is C18H16F2N2O3S3. The summed E-state index contributed by atoms with van der Waals surface area (Å²) in [7, 11) is -3.40. The Morgan fingerprint density at radius 3 is 2.50 bits per heavy atom. The van der Waals surface area contributed by atoms with Crippen molar-refractivity contribution in [3.05, 3.63) is 58.4 Å². The summed E-state index contributed by atoms with van der Waals surface area (Å²) in [6.07, 6.45) is 3.03. The van der Waals surface area contributed by atoms with E-state index in [-0.39, 0.29) is 9.70 Å². The maximum Gasteiger partial charge on any atom is 0.285 e. The highest BCUT2D eigenvalue weighted by Gasteiger charge is 2.18. The van der Waals surface area contributed by atoms with E-state index in [2.05, 4.69) is 4.99 Å². The Balaban J connectivity index is 2.20. The van der Waals surface area contributed by atoms with Crippen LogP contribution in [0.25, 0.3) is 10.2 Å². The van der Waals surface area contributed by atoms with E-state index < -0.39 is 32.9 Å². The third-order valence-corrected chi connectivity index (χ3v) is 6.72. The Labute approximate surface area is 168 Å². The van der Waals surface area contributed by atoms with E-state index >= 15 is 0 Å². The van der Waals surface area contributed by atoms with Gasteiger partial charge in [-0.15, -0.1) is 0 Å². The highest BCUT2D eigenvalue weighted by molar-refractivity contribution is 7.98. The smallest absolute Gasteiger partial charge is 0.285 e. The number of rotatable bonds is 5. The van der Waals surface area contributed by atoms with Crippen LogP contribution in [0.1, 0.15) is 10.4 Å². The van der Waals surface area contributed by atoms with Crippen molar-refractivity contribution in [3.63, 3.8) is 0 Å². The van der Waals surface area contributed by atoms with Gasteiger partial charge in [0.05, 0.1) is 15.1 Å². The summed E-state index contributed by atoms with van der Waals surface area (Å²) in [6.45, 7) is 0.505. The van der Waals surface area contributed by atoms with Gasteiger partial charge in [-0.3, -0.25) is 4.79 Å². The van der Waals surface area contributed by atoms with Crippen LogP contribution in [0, 0.1) is 11.6 Å². The van der Waals surface area contributed by atoms with Gasteiger partial charge < -0.3 is 4.57 Å². The maximum absolute atomic E-state index is 13.9. The van der Waals surface area contributed by atoms with Crippen molar-refractivity contribution in [2.45, 2.75) is 11.4 Å². The van der Waals surface area contributed by atoms with Crippen LogP contribution in [-0.4, -0.2) is 37.2 Å². The van der Waals surface area contributed by atoms with Gasteiger partial charge in [0.1, 0.15) is 17.2 Å². The molecule has 3 aromatic rings. The van der Waals surface area contributed by atoms with Crippen LogP contribution in [0.15, 0.2) is 46.3 Å². The number of carbonyl (C=O) groups is 1. The Kier molecular flexibility index (Phi) is 6.01. The van der Waals surface area contributed by atoms with Crippen LogP contribution < -0.4 is 4.80 Å². The highest BCUT2D eigenvalue weighted by atomic mass is 32.2. The number of benzene rings is 2. The minimum Gasteiger partial charge on any atom is -0.316 e. The Morgan fingerprint density at radius 2 is 1.89 bits per heavy atom. The summed E-state index contributed by atoms with van der Waals surface area (Å²) in [5.41, 5.74) is -0.0137. The molecule has 0 radical (unpaired) electrons. The zero-order valence-electron chi connectivity index (χ0n) is 15.0. The lowest BCUT2D eigenvalue weighted by molar-refractivity contribution is 0.0990. The molecule has 0 unspecified atom stereocenters. The van der Waals surface area contributed by atoms with Crippen molar-refractivity contribution < 1.29 is 22.0 Å². The third kappa shape index (κ3) is 4.18. The lowest BCUT2D eigenvalue weighted by Crippen LogP contribution is -2.19. The number of thiazole rings is 1. The van der Waals surface area contributed by atoms with E-state index in [9.17, 15) is 22.0 Å². The summed E-state index contributed by atoms with van der Waals surface area (Å²) >= 11 is 2.68. The molecule has 0 N–H and O–H groups in total. The van der Waals surface area contributed by atoms with Crippen molar-refractivity contribution >= 4 is 49.1 Å². The zero-order chi connectivity index (χ0) is 20.5. The molecule has 0 bridgehead atoms. The first-order chi connectivity index (χ1) is 13.2. The fourth-order valence-corrected chi connectivity index (χ4v) is 4.79. The molecule has 3 rings (SSSR count). The Morgan fingerprint density at radius 1 is 1.21 bits per heavy atom. The quantitative estimate of drug-likeness (QED) is 0.607. The normalized spacial score (nSPS) is 12.6. The molecule has 0 saturated carbocycles. The molecule has 0 aliphatic rings. The number of hydrogen-bond acceptors (Lipinski definition) is 5. The predicted octanol–water partition coefficient (Wildman–Crippen LogP) is 3.49. The minimum atomic E-state index is -3.40. The van der Waals surface area contributed by atoms with Crippen molar-refractivity contribution in [2.75, 3.05) is 18.3 Å². The molecule has 0 fully saturated rings. The SMILES string of the molecule is CSCCn1c(=NC(=O)c2c(F)cccc2F)sc2cc(S(C)(=O)=O)ccc21. The lowest BCUT2D eigenvalue weighted by Gasteiger charge is -2.05. The number of thioether (sulfide) groups is 1. The number of fused-ring (bicyclic) bond motifs is 1. The van der Waals surface area contributed by atoms with Gasteiger partial charge in [0.15, 0.2) is 14.6 Å². The van der Waals surface area contributed by atoms with Crippen molar-refractivity contribution in [1.29, 1.82) is 0 Å². The number of nitrogens with zero attached hydrogens (tertiary/aromatic N) is 2. The summed E-state index contributed by atoms with van der Waals surface area (Å²) in [5.74, 6) is -2.27. The van der Waals surface area contributed by atoms with E-state index in [1.54, 1.807) is 22.4 Å². The number of hydrogen-bond donors (Lipinski definition) is 0. The molecule has 5 nitrogen and oxygen atoms in total. The van der Waals surface area contributed by atoms with Gasteiger partial charge in [0.25, 0.3) is 5.91 Å². The molecule has 148 valence electrons. The minimum absolute atomic E-state index is 0.149. The molecule has 0 aliphatic heterocycles. The van der Waals surface area contributed by atoms with E-state index in [1.165, 1.54) is 18.2 Å². The van der Waals surface area contributed by atoms with Crippen molar-refractivity contribution in [1.82, 2.24) is 4.57 Å². The first-order valence-corrected chi connectivity index (χ1v) is 12.2. The van der Waals surface area contributed by atoms with Crippen molar-refractivity contribution in [2.24, 2.45) is 4.99 Å². The third-order valence-electron chi connectivity index (χ3n) is 3.98. The number of halogens is 2. The van der Waals surface area contributed by atoms with Crippen LogP contribution >= 0.6 is 23.1 Å². The van der Waals surface area contributed by atoms with Crippen LogP contribution in [0.2, 0.25) is 0 Å². The van der Waals surface area contributed by atoms with Crippen LogP contribution in [0.4, 0.5) is 8.78 Å². The summed E-state index contributed by atoms with van der Waals surface area (Å²) in [5, 5.41) is 0. The Hall–Kier alpha value is -2.04. The number of sulfone groups is 1. The second kappa shape index (κ2) is 8.14. The fourth-order valence-electron chi connectivity index (χ4n) is 2.61. The number of aryl methyl sites for hydroxylation is 1. The molecule has 1 heterocycles. The van der Waals surface area contributed by atoms with Gasteiger partial charge in [0, 0.05) is 18.6 Å². The first-order valence-electron chi connectivity index (χ1n) is 8.08. The van der Waals surface area contributed by atoms with Gasteiger partial charge in [0.2, 0.25) is 0 Å². The molecule has 10 heteroatoms. The predicted molar refractivity (Wildman–Crippen MR) is 108 cm³/mol. The zero-order valence-corrected chi connectivity index (χ0v) is 17.4. The van der Waals surface area contributed by atoms with Crippen molar-refractivity contribution in [3.8, 4) is 0 Å². The molecule has 0 saturated heterocycles. The first kappa shape index (κ1) is 20.7. The molecule has 1 aromatic heterocycles. The topological polar surface area (TPSA) is 68.5 Å². The fraction of sp³-hybridized carbons (Fsp3) is 0.222. The second-order valence-electron chi connectivity index (χ2n) is 5.94. The molecule has 0 aliphatic carbocycles. The highest BCUT2D eigenvalue weighted by Crippen LogP contribution is 2.22. The van der Waals surface area contributed by atoms with Crippen LogP contribution in [-0.2, 0) is 16.4 Å². The van der Waals surface area contributed by atoms with Gasteiger partial charge in [-0.1, -0.05) is 17.4 Å². The van der Waals surface area contributed by atoms with E-state index in [4.69, 9.17) is 0 Å². The number of aromatic nitrogens is 1. The molecule has 2 aromatic carbocycles. The average Bonchev–Trinajstić information content (AvgIpc) is 2.95. The van der Waals surface area contributed by atoms with E-state index in [1.807, 2.05) is 6.26 Å². The van der Waals surface area contributed by atoms with Gasteiger partial charge in [-0.05, 0) is 36.6 Å². The van der Waals surface area contributed by atoms with Gasteiger partial charge >= 0.3 is 0 Å². The second-order valence-corrected chi connectivity index (χ2v) is 9.95. The molecule has 28 heavy (non-hydrogen) atoms. The Bertz CT molecular complexity index is 1210. The largest absolute Gasteiger partial charge is 0.316 e. The van der Waals surface area contributed by atoms with E-state index in [0.717, 1.165) is 35.5 Å². The summed E-state index contributed by atoms with van der Waals surface area (Å²) < 4.78 is 53.8. The average molecular weight is 443 g/mol. The van der Waals surface area contributed by atoms with Crippen LogP contribution in [0.3, 0.4) is 0 Å². The standard InChI is InChI=1S/C18H16F2N2O3S3/c1-26-9-8-22-14-7-6-11(28(2,24)25)10-15(14)27-18(22)21-17(23)16-12(19)4-3-5-13(16)20/h3-7,10H,8-9H2,1-2H3. The lowest BCUT2D eigenvalue weighted by atomic mass is 10.2. The molecule has 0 atom stereocenters.